The van der Waals surface area contributed by atoms with Crippen molar-refractivity contribution < 1.29 is 19.1 Å². The highest BCUT2D eigenvalue weighted by Gasteiger charge is 2.54. The van der Waals surface area contributed by atoms with Gasteiger partial charge in [-0.05, 0) is 43.5 Å². The monoisotopic (exact) mass is 534 g/mol. The quantitative estimate of drug-likeness (QED) is 0.385. The van der Waals surface area contributed by atoms with Gasteiger partial charge in [-0.3, -0.25) is 14.4 Å². The molecule has 39 heavy (non-hydrogen) atoms. The van der Waals surface area contributed by atoms with Crippen LogP contribution >= 0.6 is 0 Å². The van der Waals surface area contributed by atoms with Gasteiger partial charge in [0, 0.05) is 37.0 Å². The summed E-state index contributed by atoms with van der Waals surface area (Å²) in [6.07, 6.45) is 8.60. The summed E-state index contributed by atoms with van der Waals surface area (Å²) >= 11 is 0. The molecule has 2 aromatic rings. The molecule has 2 aliphatic rings. The first kappa shape index (κ1) is 28.5. The van der Waals surface area contributed by atoms with Crippen molar-refractivity contribution in [1.82, 2.24) is 9.80 Å². The van der Waals surface area contributed by atoms with Crippen molar-refractivity contribution in [3.8, 4) is 5.75 Å². The second-order valence-corrected chi connectivity index (χ2v) is 10.6. The molecule has 0 unspecified atom stereocenters. The van der Waals surface area contributed by atoms with Crippen LogP contribution in [0, 0.1) is 0 Å². The molecule has 0 atom stereocenters. The molecule has 8 nitrogen and oxygen atoms in total. The Morgan fingerprint density at radius 3 is 2.38 bits per heavy atom. The first-order valence-corrected chi connectivity index (χ1v) is 14.3. The average Bonchev–Trinajstić information content (AvgIpc) is 3.21. The molecule has 4 rings (SSSR count). The summed E-state index contributed by atoms with van der Waals surface area (Å²) in [5, 5.41) is 2.88. The first-order chi connectivity index (χ1) is 19.0. The van der Waals surface area contributed by atoms with Crippen molar-refractivity contribution in [3.05, 3.63) is 54.6 Å². The minimum absolute atomic E-state index is 0.0399. The number of methoxy groups -OCH3 is 1. The molecule has 210 valence electrons. The summed E-state index contributed by atoms with van der Waals surface area (Å²) in [4.78, 5) is 45.4. The van der Waals surface area contributed by atoms with Crippen LogP contribution in [-0.2, 0) is 14.4 Å². The normalized spacial score (nSPS) is 16.6. The molecule has 1 N–H and O–H groups in total. The van der Waals surface area contributed by atoms with E-state index in [9.17, 15) is 14.4 Å². The highest BCUT2D eigenvalue weighted by molar-refractivity contribution is 5.99. The van der Waals surface area contributed by atoms with Crippen LogP contribution in [0.15, 0.2) is 54.6 Å². The molecular formula is C31H42N4O4. The minimum Gasteiger partial charge on any atom is -0.497 e. The summed E-state index contributed by atoms with van der Waals surface area (Å²) < 4.78 is 5.24. The maximum Gasteiger partial charge on any atom is 0.250 e. The Labute approximate surface area is 232 Å². The van der Waals surface area contributed by atoms with Crippen molar-refractivity contribution in [1.29, 1.82) is 0 Å². The van der Waals surface area contributed by atoms with Gasteiger partial charge >= 0.3 is 0 Å². The number of hydrogen-bond acceptors (Lipinski definition) is 5. The van der Waals surface area contributed by atoms with Crippen LogP contribution in [0.1, 0.15) is 64.7 Å². The number of ether oxygens (including phenoxy) is 1. The molecule has 2 saturated heterocycles. The highest BCUT2D eigenvalue weighted by atomic mass is 16.5. The van der Waals surface area contributed by atoms with E-state index < -0.39 is 5.54 Å². The van der Waals surface area contributed by atoms with Gasteiger partial charge in [0.15, 0.2) is 0 Å². The van der Waals surface area contributed by atoms with E-state index in [1.54, 1.807) is 24.1 Å². The fourth-order valence-electron chi connectivity index (χ4n) is 5.74. The number of carbonyl (C=O) groups is 3. The van der Waals surface area contributed by atoms with Crippen molar-refractivity contribution in [3.63, 3.8) is 0 Å². The number of rotatable bonds is 12. The van der Waals surface area contributed by atoms with Crippen LogP contribution in [0.3, 0.4) is 0 Å². The Morgan fingerprint density at radius 1 is 0.949 bits per heavy atom. The maximum absolute atomic E-state index is 13.9. The van der Waals surface area contributed by atoms with Crippen molar-refractivity contribution in [2.45, 2.75) is 70.3 Å². The van der Waals surface area contributed by atoms with Gasteiger partial charge < -0.3 is 24.8 Å². The third-order valence-electron chi connectivity index (χ3n) is 7.96. The summed E-state index contributed by atoms with van der Waals surface area (Å²) in [5.41, 5.74) is 0.820. The SMILES string of the molecule is CCCCCCCCC(=O)N1CCC2(CC1)C(=O)N(CC(=O)Nc1cccc(OC)c1)CN2c1ccccc1. The number of anilines is 2. The summed E-state index contributed by atoms with van der Waals surface area (Å²) in [7, 11) is 1.58. The summed E-state index contributed by atoms with van der Waals surface area (Å²) in [6.45, 7) is 3.60. The lowest BCUT2D eigenvalue weighted by atomic mass is 9.85. The number of amides is 3. The molecule has 2 heterocycles. The molecule has 2 aromatic carbocycles. The molecule has 8 heteroatoms. The number of nitrogens with zero attached hydrogens (tertiary/aromatic N) is 3. The lowest BCUT2D eigenvalue weighted by Gasteiger charge is -2.43. The molecular weight excluding hydrogens is 492 g/mol. The number of nitrogens with one attached hydrogen (secondary N) is 1. The maximum atomic E-state index is 13.9. The molecule has 0 saturated carbocycles. The zero-order chi connectivity index (χ0) is 27.7. The number of carbonyl (C=O) groups excluding carboxylic acids is 3. The number of piperidine rings is 1. The molecule has 0 radical (unpaired) electrons. The second kappa shape index (κ2) is 13.5. The largest absolute Gasteiger partial charge is 0.497 e. The Balaban J connectivity index is 1.40. The number of hydrogen-bond donors (Lipinski definition) is 1. The molecule has 2 aliphatic heterocycles. The predicted molar refractivity (Wildman–Crippen MR) is 154 cm³/mol. The third-order valence-corrected chi connectivity index (χ3v) is 7.96. The molecule has 0 aromatic heterocycles. The standard InChI is InChI=1S/C31H42N4O4/c1-3-4-5-6-7-11-17-29(37)33-20-18-31(19-21-33)30(38)34(24-35(31)26-14-9-8-10-15-26)23-28(36)32-25-13-12-16-27(22-25)39-2/h8-10,12-16,22H,3-7,11,17-21,23-24H2,1-2H3,(H,32,36). The van der Waals surface area contributed by atoms with Gasteiger partial charge in [-0.2, -0.15) is 0 Å². The Morgan fingerprint density at radius 2 is 1.67 bits per heavy atom. The topological polar surface area (TPSA) is 82.2 Å². The number of likely N-dealkylation sites (tertiary alicyclic amines) is 1. The Kier molecular flexibility index (Phi) is 9.85. The van der Waals surface area contributed by atoms with Crippen molar-refractivity contribution >= 4 is 29.1 Å². The van der Waals surface area contributed by atoms with Gasteiger partial charge in [-0.15, -0.1) is 0 Å². The minimum atomic E-state index is -0.755. The highest BCUT2D eigenvalue weighted by Crippen LogP contribution is 2.39. The number of para-hydroxylation sites is 1. The van der Waals surface area contributed by atoms with Gasteiger partial charge in [0.2, 0.25) is 11.8 Å². The van der Waals surface area contributed by atoms with Crippen molar-refractivity contribution in [2.24, 2.45) is 0 Å². The zero-order valence-corrected chi connectivity index (χ0v) is 23.4. The first-order valence-electron chi connectivity index (χ1n) is 14.3. The van der Waals surface area contributed by atoms with Gasteiger partial charge in [0.05, 0.1) is 13.8 Å². The van der Waals surface area contributed by atoms with E-state index in [1.165, 1.54) is 25.7 Å². The molecule has 0 aliphatic carbocycles. The fraction of sp³-hybridized carbons (Fsp3) is 0.516. The summed E-state index contributed by atoms with van der Waals surface area (Å²) in [6, 6.07) is 17.1. The van der Waals surface area contributed by atoms with Gasteiger partial charge in [0.25, 0.3) is 5.91 Å². The Bertz CT molecular complexity index is 1110. The van der Waals surface area contributed by atoms with Crippen LogP contribution in [0.2, 0.25) is 0 Å². The second-order valence-electron chi connectivity index (χ2n) is 10.6. The van der Waals surface area contributed by atoms with Crippen LogP contribution in [-0.4, -0.2) is 66.5 Å². The average molecular weight is 535 g/mol. The molecule has 1 spiro atoms. The molecule has 2 fully saturated rings. The van der Waals surface area contributed by atoms with Crippen LogP contribution in [0.25, 0.3) is 0 Å². The number of benzene rings is 2. The van der Waals surface area contributed by atoms with E-state index in [0.717, 1.165) is 18.5 Å². The fourth-order valence-corrected chi connectivity index (χ4v) is 5.74. The van der Waals surface area contributed by atoms with E-state index in [1.807, 2.05) is 47.4 Å². The lowest BCUT2D eigenvalue weighted by molar-refractivity contribution is -0.139. The van der Waals surface area contributed by atoms with Crippen LogP contribution in [0.5, 0.6) is 5.75 Å². The van der Waals surface area contributed by atoms with E-state index in [4.69, 9.17) is 4.74 Å². The van der Waals surface area contributed by atoms with Crippen molar-refractivity contribution in [2.75, 3.05) is 43.6 Å². The molecule has 0 bridgehead atoms. The van der Waals surface area contributed by atoms with E-state index >= 15 is 0 Å². The van der Waals surface area contributed by atoms with Gasteiger partial charge in [-0.25, -0.2) is 0 Å². The van der Waals surface area contributed by atoms with E-state index in [-0.39, 0.29) is 24.3 Å². The zero-order valence-electron chi connectivity index (χ0n) is 23.4. The van der Waals surface area contributed by atoms with Gasteiger partial charge in [-0.1, -0.05) is 63.3 Å². The van der Waals surface area contributed by atoms with Gasteiger partial charge in [0.1, 0.15) is 17.8 Å². The smallest absolute Gasteiger partial charge is 0.250 e. The Hall–Kier alpha value is -3.55. The lowest BCUT2D eigenvalue weighted by Crippen LogP contribution is -2.57. The summed E-state index contributed by atoms with van der Waals surface area (Å²) in [5.74, 6) is 0.534. The molecule has 3 amide bonds. The number of unbranched alkanes of at least 4 members (excludes halogenated alkanes) is 5. The third kappa shape index (κ3) is 6.91. The van der Waals surface area contributed by atoms with E-state index in [0.29, 0.717) is 50.5 Å². The van der Waals surface area contributed by atoms with Crippen LogP contribution in [0.4, 0.5) is 11.4 Å². The van der Waals surface area contributed by atoms with Crippen LogP contribution < -0.4 is 15.0 Å². The van der Waals surface area contributed by atoms with E-state index in [2.05, 4.69) is 17.1 Å². The predicted octanol–water partition coefficient (Wildman–Crippen LogP) is 5.05.